The summed E-state index contributed by atoms with van der Waals surface area (Å²) in [7, 11) is -2.71. The highest BCUT2D eigenvalue weighted by atomic mass is 28.3. The summed E-state index contributed by atoms with van der Waals surface area (Å²) in [6.45, 7) is 13.4. The number of benzene rings is 1. The van der Waals surface area contributed by atoms with Crippen molar-refractivity contribution < 1.29 is 0 Å². The predicted octanol–water partition coefficient (Wildman–Crippen LogP) is 3.73. The smallest absolute Gasteiger partial charge is 0.129 e. The Hall–Kier alpha value is -1.43. The molecule has 0 fully saturated rings. The summed E-state index contributed by atoms with van der Waals surface area (Å²) in [5, 5.41) is 0. The van der Waals surface area contributed by atoms with Crippen LogP contribution in [-0.4, -0.2) is 16.1 Å². The molecule has 19 heavy (non-hydrogen) atoms. The van der Waals surface area contributed by atoms with Crippen molar-refractivity contribution in [3.05, 3.63) is 29.3 Å². The van der Waals surface area contributed by atoms with Crippen LogP contribution in [0.1, 0.15) is 11.1 Å². The SMILES string of the molecule is C[Si](C)(C)C#Cc1cc(N)cc(C#C[Si](C)(C)C)c1. The van der Waals surface area contributed by atoms with Gasteiger partial charge in [0.05, 0.1) is 0 Å². The van der Waals surface area contributed by atoms with Crippen molar-refractivity contribution in [2.75, 3.05) is 5.73 Å². The molecular weight excluding hydrogens is 262 g/mol. The molecule has 2 N–H and O–H groups in total. The minimum Gasteiger partial charge on any atom is -0.399 e. The zero-order valence-electron chi connectivity index (χ0n) is 12.8. The first-order valence-electron chi connectivity index (χ1n) is 6.52. The summed E-state index contributed by atoms with van der Waals surface area (Å²) in [5.41, 5.74) is 15.3. The van der Waals surface area contributed by atoms with Crippen LogP contribution in [0.15, 0.2) is 18.2 Å². The first-order chi connectivity index (χ1) is 8.55. The quantitative estimate of drug-likeness (QED) is 0.439. The van der Waals surface area contributed by atoms with Crippen molar-refractivity contribution >= 4 is 21.8 Å². The molecule has 0 aliphatic rings. The summed E-state index contributed by atoms with van der Waals surface area (Å²) >= 11 is 0. The summed E-state index contributed by atoms with van der Waals surface area (Å²) in [4.78, 5) is 0. The number of nitrogen functional groups attached to an aromatic ring is 1. The maximum Gasteiger partial charge on any atom is 0.129 e. The van der Waals surface area contributed by atoms with Crippen LogP contribution in [0.25, 0.3) is 0 Å². The van der Waals surface area contributed by atoms with E-state index in [4.69, 9.17) is 5.73 Å². The zero-order chi connectivity index (χ0) is 14.7. The van der Waals surface area contributed by atoms with Gasteiger partial charge in [0.1, 0.15) is 16.1 Å². The van der Waals surface area contributed by atoms with Crippen molar-refractivity contribution in [1.82, 2.24) is 0 Å². The molecule has 0 radical (unpaired) electrons. The minimum absolute atomic E-state index is 0.738. The number of anilines is 1. The van der Waals surface area contributed by atoms with E-state index in [1.807, 2.05) is 18.2 Å². The monoisotopic (exact) mass is 285 g/mol. The van der Waals surface area contributed by atoms with Gasteiger partial charge in [0.2, 0.25) is 0 Å². The van der Waals surface area contributed by atoms with Gasteiger partial charge in [0, 0.05) is 16.8 Å². The molecule has 3 heteroatoms. The fraction of sp³-hybridized carbons (Fsp3) is 0.375. The minimum atomic E-state index is -1.35. The Labute approximate surface area is 119 Å². The third-order valence-corrected chi connectivity index (χ3v) is 3.87. The third kappa shape index (κ3) is 6.91. The first-order valence-corrected chi connectivity index (χ1v) is 13.5. The van der Waals surface area contributed by atoms with Gasteiger partial charge in [-0.15, -0.1) is 11.1 Å². The molecule has 0 atom stereocenters. The fourth-order valence-electron chi connectivity index (χ4n) is 1.32. The van der Waals surface area contributed by atoms with Gasteiger partial charge >= 0.3 is 0 Å². The Kier molecular flexibility index (Phi) is 4.68. The van der Waals surface area contributed by atoms with Gasteiger partial charge in [-0.3, -0.25) is 0 Å². The maximum atomic E-state index is 5.93. The lowest BCUT2D eigenvalue weighted by Crippen LogP contribution is -2.16. The van der Waals surface area contributed by atoms with E-state index in [0.29, 0.717) is 0 Å². The van der Waals surface area contributed by atoms with Crippen LogP contribution in [0.5, 0.6) is 0 Å². The lowest BCUT2D eigenvalue weighted by molar-refractivity contribution is 1.59. The van der Waals surface area contributed by atoms with Crippen molar-refractivity contribution in [3.63, 3.8) is 0 Å². The van der Waals surface area contributed by atoms with Gasteiger partial charge in [-0.1, -0.05) is 51.1 Å². The lowest BCUT2D eigenvalue weighted by Gasteiger charge is -2.05. The van der Waals surface area contributed by atoms with Gasteiger partial charge in [-0.2, -0.15) is 0 Å². The lowest BCUT2D eigenvalue weighted by atomic mass is 10.1. The molecule has 1 nitrogen and oxygen atoms in total. The molecular formula is C16H23NSi2. The molecule has 0 unspecified atom stereocenters. The van der Waals surface area contributed by atoms with Gasteiger partial charge in [0.25, 0.3) is 0 Å². The molecule has 0 spiro atoms. The highest BCUT2D eigenvalue weighted by Crippen LogP contribution is 2.11. The van der Waals surface area contributed by atoms with E-state index in [1.54, 1.807) is 0 Å². The Morgan fingerprint density at radius 1 is 0.737 bits per heavy atom. The van der Waals surface area contributed by atoms with Crippen LogP contribution in [0.2, 0.25) is 39.3 Å². The summed E-state index contributed by atoms with van der Waals surface area (Å²) in [6, 6.07) is 5.89. The Morgan fingerprint density at radius 2 is 1.11 bits per heavy atom. The molecule has 1 aromatic carbocycles. The van der Waals surface area contributed by atoms with E-state index >= 15 is 0 Å². The Bertz CT molecular complexity index is 531. The molecule has 1 aromatic rings. The molecule has 0 aliphatic carbocycles. The van der Waals surface area contributed by atoms with Crippen molar-refractivity contribution in [1.29, 1.82) is 0 Å². The van der Waals surface area contributed by atoms with Crippen LogP contribution in [0, 0.1) is 22.9 Å². The molecule has 0 heterocycles. The highest BCUT2D eigenvalue weighted by molar-refractivity contribution is 6.84. The predicted molar refractivity (Wildman–Crippen MR) is 91.3 cm³/mol. The third-order valence-electron chi connectivity index (χ3n) is 2.12. The van der Waals surface area contributed by atoms with E-state index < -0.39 is 16.1 Å². The van der Waals surface area contributed by atoms with Crippen molar-refractivity contribution in [2.24, 2.45) is 0 Å². The molecule has 0 amide bonds. The highest BCUT2D eigenvalue weighted by Gasteiger charge is 2.08. The van der Waals surface area contributed by atoms with Crippen LogP contribution >= 0.6 is 0 Å². The van der Waals surface area contributed by atoms with Crippen molar-refractivity contribution in [3.8, 4) is 22.9 Å². The molecule has 0 saturated heterocycles. The summed E-state index contributed by atoms with van der Waals surface area (Å²) in [5.74, 6) is 6.48. The standard InChI is InChI=1S/C16H23NSi2/c1-18(2,3)9-7-14-11-15(13-16(17)12-14)8-10-19(4,5)6/h11-13H,17H2,1-6H3. The van der Waals surface area contributed by atoms with Crippen LogP contribution in [0.3, 0.4) is 0 Å². The van der Waals surface area contributed by atoms with E-state index in [2.05, 4.69) is 62.2 Å². The van der Waals surface area contributed by atoms with Gasteiger partial charge in [-0.25, -0.2) is 0 Å². The second kappa shape index (κ2) is 5.69. The number of nitrogens with two attached hydrogens (primary N) is 1. The fourth-order valence-corrected chi connectivity index (χ4v) is 2.35. The Morgan fingerprint density at radius 3 is 1.42 bits per heavy atom. The number of rotatable bonds is 0. The van der Waals surface area contributed by atoms with E-state index in [1.165, 1.54) is 0 Å². The molecule has 0 aliphatic heterocycles. The second-order valence-electron chi connectivity index (χ2n) is 6.84. The molecule has 1 rings (SSSR count). The normalized spacial score (nSPS) is 11.1. The van der Waals surface area contributed by atoms with Gasteiger partial charge in [0.15, 0.2) is 0 Å². The molecule has 0 saturated carbocycles. The molecule has 0 aromatic heterocycles. The van der Waals surface area contributed by atoms with Gasteiger partial charge in [-0.05, 0) is 18.2 Å². The average molecular weight is 286 g/mol. The number of hydrogen-bond donors (Lipinski definition) is 1. The van der Waals surface area contributed by atoms with E-state index in [9.17, 15) is 0 Å². The van der Waals surface area contributed by atoms with Crippen LogP contribution < -0.4 is 5.73 Å². The second-order valence-corrected chi connectivity index (χ2v) is 16.3. The first kappa shape index (κ1) is 15.6. The number of hydrogen-bond acceptors (Lipinski definition) is 1. The topological polar surface area (TPSA) is 26.0 Å². The average Bonchev–Trinajstić information content (AvgIpc) is 2.21. The largest absolute Gasteiger partial charge is 0.399 e. The van der Waals surface area contributed by atoms with Crippen molar-refractivity contribution in [2.45, 2.75) is 39.3 Å². The maximum absolute atomic E-state index is 5.93. The molecule has 100 valence electrons. The van der Waals surface area contributed by atoms with Gasteiger partial charge < -0.3 is 5.73 Å². The van der Waals surface area contributed by atoms with Crippen LogP contribution in [-0.2, 0) is 0 Å². The molecule has 0 bridgehead atoms. The summed E-state index contributed by atoms with van der Waals surface area (Å²) < 4.78 is 0. The van der Waals surface area contributed by atoms with E-state index in [-0.39, 0.29) is 0 Å². The van der Waals surface area contributed by atoms with E-state index in [0.717, 1.165) is 16.8 Å². The van der Waals surface area contributed by atoms with Crippen LogP contribution in [0.4, 0.5) is 5.69 Å². The zero-order valence-corrected chi connectivity index (χ0v) is 14.8. The Balaban J connectivity index is 3.13. The summed E-state index contributed by atoms with van der Waals surface area (Å²) in [6.07, 6.45) is 0.